The number of rotatable bonds is 4. The van der Waals surface area contributed by atoms with Gasteiger partial charge in [-0.25, -0.2) is 0 Å². The van der Waals surface area contributed by atoms with Crippen molar-refractivity contribution in [2.45, 2.75) is 32.9 Å². The Bertz CT molecular complexity index is 161. The smallest absolute Gasteiger partial charge is 0.0857 e. The highest BCUT2D eigenvalue weighted by Crippen LogP contribution is 2.14. The van der Waals surface area contributed by atoms with Crippen LogP contribution in [-0.4, -0.2) is 50.3 Å². The molecule has 3 heteroatoms. The largest absolute Gasteiger partial charge is 0.374 e. The third-order valence-corrected chi connectivity index (χ3v) is 2.86. The van der Waals surface area contributed by atoms with Crippen molar-refractivity contribution in [2.75, 3.05) is 33.3 Å². The summed E-state index contributed by atoms with van der Waals surface area (Å²) >= 11 is 0. The van der Waals surface area contributed by atoms with E-state index in [2.05, 4.69) is 38.0 Å². The molecule has 0 spiro atoms. The van der Waals surface area contributed by atoms with E-state index in [1.165, 1.54) is 0 Å². The standard InChI is InChI=1S/C11H24N2O/c1-5-12-11(9(2)3)10-8-13(4)6-7-14-10/h9-12H,5-8H2,1-4H3. The van der Waals surface area contributed by atoms with Crippen molar-refractivity contribution in [3.63, 3.8) is 0 Å². The van der Waals surface area contributed by atoms with Crippen LogP contribution in [0.5, 0.6) is 0 Å². The van der Waals surface area contributed by atoms with Crippen molar-refractivity contribution in [1.82, 2.24) is 10.2 Å². The van der Waals surface area contributed by atoms with Gasteiger partial charge in [0, 0.05) is 19.1 Å². The topological polar surface area (TPSA) is 24.5 Å². The minimum absolute atomic E-state index is 0.355. The van der Waals surface area contributed by atoms with Crippen LogP contribution in [0, 0.1) is 5.92 Å². The Kier molecular flexibility index (Phi) is 4.85. The monoisotopic (exact) mass is 200 g/mol. The summed E-state index contributed by atoms with van der Waals surface area (Å²) in [5.41, 5.74) is 0. The van der Waals surface area contributed by atoms with Crippen molar-refractivity contribution in [1.29, 1.82) is 0 Å². The van der Waals surface area contributed by atoms with E-state index < -0.39 is 0 Å². The van der Waals surface area contributed by atoms with Crippen LogP contribution in [0.2, 0.25) is 0 Å². The molecule has 1 N–H and O–H groups in total. The van der Waals surface area contributed by atoms with E-state index in [-0.39, 0.29) is 0 Å². The molecule has 1 heterocycles. The van der Waals surface area contributed by atoms with Crippen molar-refractivity contribution >= 4 is 0 Å². The fourth-order valence-electron chi connectivity index (χ4n) is 2.06. The van der Waals surface area contributed by atoms with Crippen LogP contribution in [0.15, 0.2) is 0 Å². The predicted molar refractivity (Wildman–Crippen MR) is 59.5 cm³/mol. The van der Waals surface area contributed by atoms with Crippen LogP contribution in [0.1, 0.15) is 20.8 Å². The molecule has 0 saturated carbocycles. The molecular weight excluding hydrogens is 176 g/mol. The minimum Gasteiger partial charge on any atom is -0.374 e. The van der Waals surface area contributed by atoms with Crippen molar-refractivity contribution in [3.05, 3.63) is 0 Å². The molecule has 3 nitrogen and oxygen atoms in total. The molecule has 0 aromatic heterocycles. The number of nitrogens with zero attached hydrogens (tertiary/aromatic N) is 1. The first-order valence-corrected chi connectivity index (χ1v) is 5.68. The highest BCUT2D eigenvalue weighted by Gasteiger charge is 2.27. The summed E-state index contributed by atoms with van der Waals surface area (Å²) in [7, 11) is 2.17. The molecule has 1 rings (SSSR count). The second-order valence-electron chi connectivity index (χ2n) is 4.50. The zero-order valence-corrected chi connectivity index (χ0v) is 9.92. The van der Waals surface area contributed by atoms with Gasteiger partial charge >= 0.3 is 0 Å². The van der Waals surface area contributed by atoms with E-state index in [1.54, 1.807) is 0 Å². The van der Waals surface area contributed by atoms with Gasteiger partial charge in [-0.3, -0.25) is 0 Å². The van der Waals surface area contributed by atoms with Gasteiger partial charge in [-0.1, -0.05) is 20.8 Å². The van der Waals surface area contributed by atoms with E-state index in [1.807, 2.05) is 0 Å². The maximum atomic E-state index is 5.82. The number of likely N-dealkylation sites (N-methyl/N-ethyl adjacent to an activating group) is 2. The molecular formula is C11H24N2O. The van der Waals surface area contributed by atoms with Gasteiger partial charge in [0.2, 0.25) is 0 Å². The summed E-state index contributed by atoms with van der Waals surface area (Å²) in [5.74, 6) is 0.631. The average molecular weight is 200 g/mol. The molecule has 0 radical (unpaired) electrons. The molecule has 1 aliphatic heterocycles. The Hall–Kier alpha value is -0.120. The summed E-state index contributed by atoms with van der Waals surface area (Å²) in [5, 5.41) is 3.52. The number of morpholine rings is 1. The summed E-state index contributed by atoms with van der Waals surface area (Å²) < 4.78 is 5.82. The number of hydrogen-bond acceptors (Lipinski definition) is 3. The normalized spacial score (nSPS) is 26.8. The van der Waals surface area contributed by atoms with Crippen LogP contribution in [0.4, 0.5) is 0 Å². The van der Waals surface area contributed by atoms with Crippen molar-refractivity contribution in [3.8, 4) is 0 Å². The lowest BCUT2D eigenvalue weighted by molar-refractivity contribution is -0.0462. The zero-order chi connectivity index (χ0) is 10.6. The number of hydrogen-bond donors (Lipinski definition) is 1. The number of ether oxygens (including phenoxy) is 1. The first kappa shape index (κ1) is 12.0. The Balaban J connectivity index is 2.48. The maximum absolute atomic E-state index is 5.82. The molecule has 1 fully saturated rings. The quantitative estimate of drug-likeness (QED) is 0.731. The van der Waals surface area contributed by atoms with Crippen molar-refractivity contribution in [2.24, 2.45) is 5.92 Å². The molecule has 0 bridgehead atoms. The zero-order valence-electron chi connectivity index (χ0n) is 9.92. The molecule has 1 aliphatic rings. The van der Waals surface area contributed by atoms with E-state index in [0.29, 0.717) is 18.1 Å². The fraction of sp³-hybridized carbons (Fsp3) is 1.00. The van der Waals surface area contributed by atoms with Crippen LogP contribution >= 0.6 is 0 Å². The molecule has 1 saturated heterocycles. The van der Waals surface area contributed by atoms with Gasteiger partial charge in [-0.2, -0.15) is 0 Å². The molecule has 84 valence electrons. The first-order chi connectivity index (χ1) is 6.65. The minimum atomic E-state index is 0.355. The van der Waals surface area contributed by atoms with E-state index >= 15 is 0 Å². The van der Waals surface area contributed by atoms with Crippen LogP contribution in [0.3, 0.4) is 0 Å². The molecule has 2 unspecified atom stereocenters. The second-order valence-corrected chi connectivity index (χ2v) is 4.50. The van der Waals surface area contributed by atoms with Gasteiger partial charge in [-0.05, 0) is 19.5 Å². The Morgan fingerprint density at radius 2 is 2.21 bits per heavy atom. The average Bonchev–Trinajstić information content (AvgIpc) is 2.13. The van der Waals surface area contributed by atoms with Crippen LogP contribution < -0.4 is 5.32 Å². The first-order valence-electron chi connectivity index (χ1n) is 5.68. The lowest BCUT2D eigenvalue weighted by Gasteiger charge is -2.37. The van der Waals surface area contributed by atoms with Gasteiger partial charge < -0.3 is 15.0 Å². The fourth-order valence-corrected chi connectivity index (χ4v) is 2.06. The third kappa shape index (κ3) is 3.23. The second kappa shape index (κ2) is 5.69. The molecule has 2 atom stereocenters. The van der Waals surface area contributed by atoms with Gasteiger partial charge in [0.25, 0.3) is 0 Å². The Morgan fingerprint density at radius 1 is 1.50 bits per heavy atom. The molecule has 0 aromatic rings. The Labute approximate surface area is 87.8 Å². The maximum Gasteiger partial charge on any atom is 0.0857 e. The van der Waals surface area contributed by atoms with Gasteiger partial charge in [0.15, 0.2) is 0 Å². The summed E-state index contributed by atoms with van der Waals surface area (Å²) in [4.78, 5) is 2.35. The summed E-state index contributed by atoms with van der Waals surface area (Å²) in [6.45, 7) is 10.7. The highest BCUT2D eigenvalue weighted by molar-refractivity contribution is 4.83. The Morgan fingerprint density at radius 3 is 2.71 bits per heavy atom. The lowest BCUT2D eigenvalue weighted by atomic mass is 9.97. The predicted octanol–water partition coefficient (Wildman–Crippen LogP) is 0.951. The van der Waals surface area contributed by atoms with E-state index in [9.17, 15) is 0 Å². The SMILES string of the molecule is CCNC(C(C)C)C1CN(C)CCO1. The van der Waals surface area contributed by atoms with Gasteiger partial charge in [0.05, 0.1) is 12.7 Å². The van der Waals surface area contributed by atoms with Crippen LogP contribution in [-0.2, 0) is 4.74 Å². The molecule has 0 amide bonds. The summed E-state index contributed by atoms with van der Waals surface area (Å²) in [6.07, 6.45) is 0.355. The lowest BCUT2D eigenvalue weighted by Crippen LogP contribution is -2.53. The highest BCUT2D eigenvalue weighted by atomic mass is 16.5. The van der Waals surface area contributed by atoms with Crippen molar-refractivity contribution < 1.29 is 4.74 Å². The molecule has 0 aliphatic carbocycles. The third-order valence-electron chi connectivity index (χ3n) is 2.86. The van der Waals surface area contributed by atoms with Crippen LogP contribution in [0.25, 0.3) is 0 Å². The van der Waals surface area contributed by atoms with E-state index in [0.717, 1.165) is 26.2 Å². The molecule has 0 aromatic carbocycles. The number of nitrogens with one attached hydrogen (secondary N) is 1. The van der Waals surface area contributed by atoms with Gasteiger partial charge in [0.1, 0.15) is 0 Å². The molecule has 14 heavy (non-hydrogen) atoms. The van der Waals surface area contributed by atoms with E-state index in [4.69, 9.17) is 4.74 Å². The van der Waals surface area contributed by atoms with Gasteiger partial charge in [-0.15, -0.1) is 0 Å². The summed E-state index contributed by atoms with van der Waals surface area (Å²) in [6, 6.07) is 0.489.